The summed E-state index contributed by atoms with van der Waals surface area (Å²) in [4.78, 5) is 14.6. The third kappa shape index (κ3) is 4.63. The van der Waals surface area contributed by atoms with Crippen LogP contribution in [0.25, 0.3) is 10.9 Å². The van der Waals surface area contributed by atoms with Crippen LogP contribution in [0, 0.1) is 11.6 Å². The second-order valence-corrected chi connectivity index (χ2v) is 7.24. The number of carbonyl (C=O) groups excluding carboxylic acids is 1. The van der Waals surface area contributed by atoms with Crippen LogP contribution < -0.4 is 15.0 Å². The van der Waals surface area contributed by atoms with E-state index in [1.807, 2.05) is 31.1 Å². The molecule has 1 amide bonds. The van der Waals surface area contributed by atoms with Crippen LogP contribution in [0.5, 0.6) is 5.75 Å². The average Bonchev–Trinajstić information content (AvgIpc) is 3.13. The number of hydrogen-bond acceptors (Lipinski definition) is 4. The summed E-state index contributed by atoms with van der Waals surface area (Å²) in [6.45, 7) is -0.00203. The van der Waals surface area contributed by atoms with Gasteiger partial charge in [-0.25, -0.2) is 8.78 Å². The van der Waals surface area contributed by atoms with Gasteiger partial charge in [0.25, 0.3) is 5.91 Å². The summed E-state index contributed by atoms with van der Waals surface area (Å²) in [5.41, 5.74) is 2.57. The number of carbonyl (C=O) groups is 1. The molecule has 2 N–H and O–H groups in total. The third-order valence-corrected chi connectivity index (χ3v) is 4.74. The molecule has 158 valence electrons. The summed E-state index contributed by atoms with van der Waals surface area (Å²) >= 11 is 0. The van der Waals surface area contributed by atoms with Crippen molar-refractivity contribution in [3.8, 4) is 5.75 Å². The maximum atomic E-state index is 13.3. The first-order valence-electron chi connectivity index (χ1n) is 9.54. The number of ether oxygens (including phenoxy) is 1. The Hall–Kier alpha value is -3.94. The minimum absolute atomic E-state index is 0.00203. The minimum Gasteiger partial charge on any atom is -0.489 e. The smallest absolute Gasteiger partial charge is 0.256 e. The molecule has 8 heteroatoms. The molecule has 0 fully saturated rings. The summed E-state index contributed by atoms with van der Waals surface area (Å²) in [5.74, 6) is -0.774. The van der Waals surface area contributed by atoms with Crippen molar-refractivity contribution in [2.45, 2.75) is 6.61 Å². The van der Waals surface area contributed by atoms with Crippen molar-refractivity contribution in [1.29, 1.82) is 0 Å². The van der Waals surface area contributed by atoms with E-state index >= 15 is 0 Å². The van der Waals surface area contributed by atoms with Gasteiger partial charge in [0.15, 0.2) is 5.82 Å². The molecule has 0 unspecified atom stereocenters. The predicted octanol–water partition coefficient (Wildman–Crippen LogP) is 4.74. The van der Waals surface area contributed by atoms with Gasteiger partial charge in [0, 0.05) is 36.8 Å². The Morgan fingerprint density at radius 3 is 2.42 bits per heavy atom. The lowest BCUT2D eigenvalue weighted by molar-refractivity contribution is 0.102. The highest BCUT2D eigenvalue weighted by molar-refractivity contribution is 6.08. The zero-order valence-corrected chi connectivity index (χ0v) is 16.9. The van der Waals surface area contributed by atoms with Gasteiger partial charge in [0.2, 0.25) is 0 Å². The zero-order valence-electron chi connectivity index (χ0n) is 16.9. The minimum atomic E-state index is -0.660. The maximum absolute atomic E-state index is 13.3. The van der Waals surface area contributed by atoms with Crippen LogP contribution >= 0.6 is 0 Å². The lowest BCUT2D eigenvalue weighted by atomic mass is 10.2. The highest BCUT2D eigenvalue weighted by atomic mass is 19.1. The Labute approximate surface area is 177 Å². The van der Waals surface area contributed by atoms with Crippen LogP contribution in [0.1, 0.15) is 15.9 Å². The fourth-order valence-corrected chi connectivity index (χ4v) is 3.13. The summed E-state index contributed by atoms with van der Waals surface area (Å²) in [6, 6.07) is 15.6. The number of hydrogen-bond donors (Lipinski definition) is 2. The van der Waals surface area contributed by atoms with Crippen LogP contribution in [0.15, 0.2) is 60.7 Å². The van der Waals surface area contributed by atoms with Crippen molar-refractivity contribution in [2.75, 3.05) is 24.3 Å². The van der Waals surface area contributed by atoms with Gasteiger partial charge in [-0.3, -0.25) is 9.89 Å². The number of fused-ring (bicyclic) bond motifs is 1. The number of nitrogens with one attached hydrogen (secondary N) is 2. The Morgan fingerprint density at radius 1 is 1.03 bits per heavy atom. The van der Waals surface area contributed by atoms with E-state index in [1.54, 1.807) is 30.3 Å². The SMILES string of the molecule is CN(C)c1ccc(C(=O)Nc2n[nH]c3ccc(OCc4cc(F)cc(F)c4)cc23)cc1. The lowest BCUT2D eigenvalue weighted by Crippen LogP contribution is -2.13. The molecular formula is C23H20F2N4O2. The molecule has 31 heavy (non-hydrogen) atoms. The number of H-pyrrole nitrogens is 1. The molecule has 0 radical (unpaired) electrons. The van der Waals surface area contributed by atoms with E-state index in [4.69, 9.17) is 4.74 Å². The number of benzene rings is 3. The molecule has 0 spiro atoms. The zero-order chi connectivity index (χ0) is 22.0. The summed E-state index contributed by atoms with van der Waals surface area (Å²) < 4.78 is 32.4. The number of nitrogens with zero attached hydrogens (tertiary/aromatic N) is 2. The second kappa shape index (κ2) is 8.43. The van der Waals surface area contributed by atoms with Crippen molar-refractivity contribution in [1.82, 2.24) is 10.2 Å². The van der Waals surface area contributed by atoms with Gasteiger partial charge in [-0.05, 0) is 60.2 Å². The van der Waals surface area contributed by atoms with Crippen molar-refractivity contribution < 1.29 is 18.3 Å². The molecule has 0 saturated carbocycles. The van der Waals surface area contributed by atoms with Crippen molar-refractivity contribution in [3.63, 3.8) is 0 Å². The number of aromatic nitrogens is 2. The van der Waals surface area contributed by atoms with Gasteiger partial charge < -0.3 is 15.0 Å². The largest absolute Gasteiger partial charge is 0.489 e. The Bertz CT molecular complexity index is 1220. The Morgan fingerprint density at radius 2 is 1.74 bits per heavy atom. The van der Waals surface area contributed by atoms with Gasteiger partial charge in [0.1, 0.15) is 24.0 Å². The molecule has 6 nitrogen and oxygen atoms in total. The molecule has 1 heterocycles. The number of aromatic amines is 1. The molecule has 0 aliphatic carbocycles. The predicted molar refractivity (Wildman–Crippen MR) is 116 cm³/mol. The summed E-state index contributed by atoms with van der Waals surface area (Å²) in [5, 5.41) is 10.5. The first-order valence-corrected chi connectivity index (χ1v) is 9.54. The van der Waals surface area contributed by atoms with Crippen molar-refractivity contribution >= 4 is 28.3 Å². The van der Waals surface area contributed by atoms with Gasteiger partial charge in [-0.1, -0.05) is 0 Å². The molecule has 0 aliphatic heterocycles. The molecule has 0 bridgehead atoms. The van der Waals surface area contributed by atoms with E-state index in [2.05, 4.69) is 15.5 Å². The molecule has 0 saturated heterocycles. The fourth-order valence-electron chi connectivity index (χ4n) is 3.13. The fraction of sp³-hybridized carbons (Fsp3) is 0.130. The van der Waals surface area contributed by atoms with E-state index in [0.29, 0.717) is 33.6 Å². The molecule has 0 atom stereocenters. The lowest BCUT2D eigenvalue weighted by Gasteiger charge is -2.12. The van der Waals surface area contributed by atoms with Gasteiger partial charge in [0.05, 0.1) is 5.52 Å². The number of rotatable bonds is 6. The molecule has 4 aromatic rings. The second-order valence-electron chi connectivity index (χ2n) is 7.24. The van der Waals surface area contributed by atoms with E-state index in [9.17, 15) is 13.6 Å². The average molecular weight is 422 g/mol. The van der Waals surface area contributed by atoms with E-state index in [1.165, 1.54) is 12.1 Å². The quantitative estimate of drug-likeness (QED) is 0.471. The van der Waals surface area contributed by atoms with Crippen molar-refractivity contribution in [3.05, 3.63) is 83.4 Å². The van der Waals surface area contributed by atoms with Gasteiger partial charge in [-0.2, -0.15) is 5.10 Å². The standard InChI is InChI=1S/C23H20F2N4O2/c1-29(2)18-5-3-15(4-6-18)23(30)26-22-20-12-19(7-8-21(20)27-28-22)31-13-14-9-16(24)11-17(25)10-14/h3-12H,13H2,1-2H3,(H2,26,27,28,30). The number of halogens is 2. The molecule has 3 aromatic carbocycles. The monoisotopic (exact) mass is 422 g/mol. The van der Waals surface area contributed by atoms with E-state index in [0.717, 1.165) is 11.8 Å². The Kier molecular flexibility index (Phi) is 5.53. The van der Waals surface area contributed by atoms with Gasteiger partial charge in [-0.15, -0.1) is 0 Å². The van der Waals surface area contributed by atoms with E-state index < -0.39 is 11.6 Å². The number of amides is 1. The van der Waals surface area contributed by atoms with E-state index in [-0.39, 0.29) is 12.5 Å². The normalized spacial score (nSPS) is 10.8. The van der Waals surface area contributed by atoms with Crippen LogP contribution in [-0.2, 0) is 6.61 Å². The highest BCUT2D eigenvalue weighted by Crippen LogP contribution is 2.26. The summed E-state index contributed by atoms with van der Waals surface area (Å²) in [7, 11) is 3.85. The Balaban J connectivity index is 1.50. The molecule has 0 aliphatic rings. The highest BCUT2D eigenvalue weighted by Gasteiger charge is 2.13. The first kappa shape index (κ1) is 20.3. The first-order chi connectivity index (χ1) is 14.9. The van der Waals surface area contributed by atoms with Crippen LogP contribution in [0.2, 0.25) is 0 Å². The van der Waals surface area contributed by atoms with Crippen molar-refractivity contribution in [2.24, 2.45) is 0 Å². The topological polar surface area (TPSA) is 70.2 Å². The third-order valence-electron chi connectivity index (χ3n) is 4.74. The maximum Gasteiger partial charge on any atom is 0.256 e. The molecule has 1 aromatic heterocycles. The van der Waals surface area contributed by atoms with Crippen LogP contribution in [0.3, 0.4) is 0 Å². The van der Waals surface area contributed by atoms with Gasteiger partial charge >= 0.3 is 0 Å². The number of anilines is 2. The molecule has 4 rings (SSSR count). The molecular weight excluding hydrogens is 402 g/mol. The van der Waals surface area contributed by atoms with Crippen LogP contribution in [0.4, 0.5) is 20.3 Å². The van der Waals surface area contributed by atoms with Crippen LogP contribution in [-0.4, -0.2) is 30.2 Å². The summed E-state index contributed by atoms with van der Waals surface area (Å²) in [6.07, 6.45) is 0.